The molecular weight excluding hydrogens is 324 g/mol. The molecule has 5 heteroatoms. The average molecular weight is 351 g/mol. The van der Waals surface area contributed by atoms with Crippen molar-refractivity contribution in [2.24, 2.45) is 23.5 Å². The van der Waals surface area contributed by atoms with Gasteiger partial charge in [-0.1, -0.05) is 24.6 Å². The lowest BCUT2D eigenvalue weighted by Gasteiger charge is -2.45. The number of nitrogens with two attached hydrogens (primary N) is 1. The van der Waals surface area contributed by atoms with E-state index in [2.05, 4.69) is 11.4 Å². The number of ether oxygens (including phenoxy) is 1. The van der Waals surface area contributed by atoms with Crippen molar-refractivity contribution < 1.29 is 9.53 Å². The zero-order chi connectivity index (χ0) is 15.8. The van der Waals surface area contributed by atoms with Crippen molar-refractivity contribution in [2.45, 2.75) is 50.6 Å². The van der Waals surface area contributed by atoms with Crippen molar-refractivity contribution in [3.05, 3.63) is 29.8 Å². The van der Waals surface area contributed by atoms with E-state index in [4.69, 9.17) is 10.5 Å². The molecule has 3 atom stereocenters. The summed E-state index contributed by atoms with van der Waals surface area (Å²) in [6.45, 7) is 0.490. The second-order valence-electron chi connectivity index (χ2n) is 7.54. The summed E-state index contributed by atoms with van der Waals surface area (Å²) in [7, 11) is 0. The van der Waals surface area contributed by atoms with Gasteiger partial charge in [0, 0.05) is 12.1 Å². The molecule has 3 aliphatic rings. The van der Waals surface area contributed by atoms with Gasteiger partial charge in [0.25, 0.3) is 0 Å². The summed E-state index contributed by atoms with van der Waals surface area (Å²) in [5.41, 5.74) is 7.32. The van der Waals surface area contributed by atoms with Crippen LogP contribution in [0.3, 0.4) is 0 Å². The Balaban J connectivity index is 0.00000169. The second-order valence-corrected chi connectivity index (χ2v) is 7.54. The molecule has 2 aliphatic carbocycles. The Labute approximate surface area is 149 Å². The van der Waals surface area contributed by atoms with Crippen molar-refractivity contribution in [1.29, 1.82) is 0 Å². The van der Waals surface area contributed by atoms with Gasteiger partial charge in [-0.25, -0.2) is 0 Å². The first-order chi connectivity index (χ1) is 11.2. The van der Waals surface area contributed by atoms with Crippen LogP contribution >= 0.6 is 12.4 Å². The van der Waals surface area contributed by atoms with Gasteiger partial charge in [-0.15, -0.1) is 12.4 Å². The molecule has 24 heavy (non-hydrogen) atoms. The number of halogens is 1. The van der Waals surface area contributed by atoms with Crippen molar-refractivity contribution in [3.8, 4) is 5.75 Å². The van der Waals surface area contributed by atoms with Crippen LogP contribution in [0, 0.1) is 17.8 Å². The summed E-state index contributed by atoms with van der Waals surface area (Å²) in [5.74, 6) is 2.16. The van der Waals surface area contributed by atoms with Crippen LogP contribution in [0.2, 0.25) is 0 Å². The van der Waals surface area contributed by atoms with E-state index in [-0.39, 0.29) is 24.2 Å². The second kappa shape index (κ2) is 7.32. The molecule has 132 valence electrons. The van der Waals surface area contributed by atoms with Crippen LogP contribution in [-0.4, -0.2) is 24.6 Å². The molecule has 1 aromatic rings. The molecular formula is C19H27ClN2O2. The molecule has 3 unspecified atom stereocenters. The van der Waals surface area contributed by atoms with Gasteiger partial charge in [0.1, 0.15) is 12.4 Å². The van der Waals surface area contributed by atoms with Gasteiger partial charge in [-0.3, -0.25) is 4.79 Å². The summed E-state index contributed by atoms with van der Waals surface area (Å²) in [6.07, 6.45) is 6.60. The molecule has 1 aliphatic heterocycles. The molecule has 1 aromatic carbocycles. The Kier molecular flexibility index (Phi) is 5.36. The number of carbonyl (C=O) groups excluding carboxylic acids is 1. The van der Waals surface area contributed by atoms with Crippen LogP contribution in [-0.2, 0) is 11.2 Å². The minimum Gasteiger partial charge on any atom is -0.492 e. The largest absolute Gasteiger partial charge is 0.492 e. The van der Waals surface area contributed by atoms with Crippen LogP contribution in [0.4, 0.5) is 0 Å². The molecule has 0 saturated heterocycles. The predicted molar refractivity (Wildman–Crippen MR) is 96.4 cm³/mol. The van der Waals surface area contributed by atoms with E-state index in [1.54, 1.807) is 0 Å². The lowest BCUT2D eigenvalue weighted by atomic mass is 9.67. The summed E-state index contributed by atoms with van der Waals surface area (Å²) in [4.78, 5) is 12.8. The minimum absolute atomic E-state index is 0. The molecule has 3 N–H and O–H groups in total. The fraction of sp³-hybridized carbons (Fsp3) is 0.632. The molecule has 2 saturated carbocycles. The van der Waals surface area contributed by atoms with Crippen molar-refractivity contribution >= 4 is 18.3 Å². The number of para-hydroxylation sites is 1. The van der Waals surface area contributed by atoms with Gasteiger partial charge in [0.05, 0.1) is 5.92 Å². The topological polar surface area (TPSA) is 64.3 Å². The van der Waals surface area contributed by atoms with Gasteiger partial charge in [0.2, 0.25) is 5.91 Å². The third-order valence-electron chi connectivity index (χ3n) is 5.94. The maximum Gasteiger partial charge on any atom is 0.227 e. The Morgan fingerprint density at radius 3 is 2.62 bits per heavy atom. The third kappa shape index (κ3) is 3.40. The smallest absolute Gasteiger partial charge is 0.227 e. The van der Waals surface area contributed by atoms with Crippen LogP contribution in [0.25, 0.3) is 0 Å². The number of rotatable bonds is 2. The Bertz CT molecular complexity index is 580. The highest BCUT2D eigenvalue weighted by Gasteiger charge is 2.41. The van der Waals surface area contributed by atoms with Crippen molar-refractivity contribution in [2.75, 3.05) is 6.61 Å². The van der Waals surface area contributed by atoms with Gasteiger partial charge < -0.3 is 15.8 Å². The Hall–Kier alpha value is -1.26. The van der Waals surface area contributed by atoms with Crippen LogP contribution < -0.4 is 15.8 Å². The van der Waals surface area contributed by atoms with Crippen LogP contribution in [0.5, 0.6) is 5.75 Å². The van der Waals surface area contributed by atoms with Crippen molar-refractivity contribution in [3.63, 3.8) is 0 Å². The van der Waals surface area contributed by atoms with Crippen LogP contribution in [0.15, 0.2) is 24.3 Å². The molecule has 0 radical (unpaired) electrons. The molecule has 2 bridgehead atoms. The summed E-state index contributed by atoms with van der Waals surface area (Å²) < 4.78 is 5.78. The van der Waals surface area contributed by atoms with Gasteiger partial charge in [-0.05, 0) is 55.6 Å². The van der Waals surface area contributed by atoms with Gasteiger partial charge >= 0.3 is 0 Å². The molecule has 0 spiro atoms. The highest BCUT2D eigenvalue weighted by atomic mass is 35.5. The van der Waals surface area contributed by atoms with Crippen molar-refractivity contribution in [1.82, 2.24) is 5.32 Å². The molecule has 4 nitrogen and oxygen atoms in total. The molecule has 1 heterocycles. The SMILES string of the molecule is Cl.NC1CC2CCCC(C1)C2NC(=O)C1COc2ccccc2C1. The Morgan fingerprint density at radius 1 is 1.17 bits per heavy atom. The predicted octanol–water partition coefficient (Wildman–Crippen LogP) is 2.68. The van der Waals surface area contributed by atoms with E-state index in [0.717, 1.165) is 30.6 Å². The van der Waals surface area contributed by atoms with E-state index in [9.17, 15) is 4.79 Å². The minimum atomic E-state index is -0.0683. The normalized spacial score (nSPS) is 34.3. The standard InChI is InChI=1S/C19H26N2O2.ClH/c20-16-9-13-5-3-6-14(10-16)18(13)21-19(22)15-8-12-4-1-2-7-17(12)23-11-15;/h1-2,4,7,13-16,18H,3,5-6,8-11,20H2,(H,21,22);1H. The quantitative estimate of drug-likeness (QED) is 0.861. The summed E-state index contributed by atoms with van der Waals surface area (Å²) >= 11 is 0. The fourth-order valence-corrected chi connectivity index (χ4v) is 4.80. The van der Waals surface area contributed by atoms with Gasteiger partial charge in [0.15, 0.2) is 0 Å². The maximum atomic E-state index is 12.8. The number of nitrogens with one attached hydrogen (secondary N) is 1. The van der Waals surface area contributed by atoms with E-state index >= 15 is 0 Å². The first-order valence-corrected chi connectivity index (χ1v) is 8.97. The highest BCUT2D eigenvalue weighted by Crippen LogP contribution is 2.40. The summed E-state index contributed by atoms with van der Waals surface area (Å²) in [5, 5.41) is 3.37. The average Bonchev–Trinajstić information content (AvgIpc) is 2.55. The number of amides is 1. The molecule has 2 fully saturated rings. The molecule has 4 rings (SSSR count). The van der Waals surface area contributed by atoms with E-state index < -0.39 is 0 Å². The number of hydrogen-bond acceptors (Lipinski definition) is 3. The monoisotopic (exact) mass is 350 g/mol. The van der Waals surface area contributed by atoms with E-state index in [1.807, 2.05) is 18.2 Å². The highest BCUT2D eigenvalue weighted by molar-refractivity contribution is 5.85. The Morgan fingerprint density at radius 2 is 1.88 bits per heavy atom. The fourth-order valence-electron chi connectivity index (χ4n) is 4.80. The molecule has 0 aromatic heterocycles. The number of fused-ring (bicyclic) bond motifs is 3. The number of benzene rings is 1. The number of hydrogen-bond donors (Lipinski definition) is 2. The molecule has 1 amide bonds. The first kappa shape index (κ1) is 17.6. The third-order valence-corrected chi connectivity index (χ3v) is 5.94. The van der Waals surface area contributed by atoms with E-state index in [1.165, 1.54) is 19.3 Å². The number of carbonyl (C=O) groups is 1. The lowest BCUT2D eigenvalue weighted by Crippen LogP contribution is -2.55. The van der Waals surface area contributed by atoms with E-state index in [0.29, 0.717) is 30.5 Å². The van der Waals surface area contributed by atoms with Crippen LogP contribution in [0.1, 0.15) is 37.7 Å². The zero-order valence-electron chi connectivity index (χ0n) is 13.9. The summed E-state index contributed by atoms with van der Waals surface area (Å²) in [6, 6.07) is 8.68. The lowest BCUT2D eigenvalue weighted by molar-refractivity contribution is -0.128. The van der Waals surface area contributed by atoms with Gasteiger partial charge in [-0.2, -0.15) is 0 Å². The zero-order valence-corrected chi connectivity index (χ0v) is 14.8. The maximum absolute atomic E-state index is 12.8. The first-order valence-electron chi connectivity index (χ1n) is 8.97.